The fraction of sp³-hybridized carbons (Fsp3) is 0.154. The van der Waals surface area contributed by atoms with Crippen LogP contribution in [0.25, 0.3) is 0 Å². The molecule has 1 aromatic carbocycles. The van der Waals surface area contributed by atoms with Crippen molar-refractivity contribution in [2.75, 3.05) is 18.5 Å². The van der Waals surface area contributed by atoms with E-state index < -0.39 is 16.6 Å². The van der Waals surface area contributed by atoms with Crippen LogP contribution in [-0.2, 0) is 0 Å². The maximum absolute atomic E-state index is 12.9. The minimum absolute atomic E-state index is 0.0985. The first kappa shape index (κ1) is 14.6. The Morgan fingerprint density at radius 2 is 2.05 bits per heavy atom. The van der Waals surface area contributed by atoms with Crippen molar-refractivity contribution in [1.82, 2.24) is 4.98 Å². The van der Waals surface area contributed by atoms with Crippen LogP contribution in [-0.4, -0.2) is 23.1 Å². The van der Waals surface area contributed by atoms with Crippen LogP contribution in [0.15, 0.2) is 36.5 Å². The van der Waals surface area contributed by atoms with Crippen molar-refractivity contribution in [3.05, 3.63) is 58.3 Å². The lowest BCUT2D eigenvalue weighted by molar-refractivity contribution is -0.385. The summed E-state index contributed by atoms with van der Waals surface area (Å²) in [6.45, 7) is 0.549. The number of anilines is 1. The molecule has 2 aromatic rings. The number of nitro groups is 1. The van der Waals surface area contributed by atoms with Crippen molar-refractivity contribution in [1.29, 1.82) is 0 Å². The van der Waals surface area contributed by atoms with Crippen LogP contribution >= 0.6 is 0 Å². The molecule has 0 amide bonds. The highest BCUT2D eigenvalue weighted by atomic mass is 19.2. The minimum Gasteiger partial charge on any atom is -0.492 e. The molecular weight excluding hydrogens is 284 g/mol. The summed E-state index contributed by atoms with van der Waals surface area (Å²) >= 11 is 0. The van der Waals surface area contributed by atoms with Gasteiger partial charge in [-0.05, 0) is 18.2 Å². The van der Waals surface area contributed by atoms with Crippen LogP contribution < -0.4 is 10.1 Å². The zero-order valence-corrected chi connectivity index (χ0v) is 10.8. The molecule has 0 fully saturated rings. The number of nitrogens with zero attached hydrogens (tertiary/aromatic N) is 2. The predicted molar refractivity (Wildman–Crippen MR) is 71.2 cm³/mol. The predicted octanol–water partition coefficient (Wildman–Crippen LogP) is 2.76. The molecule has 0 bridgehead atoms. The van der Waals surface area contributed by atoms with E-state index in [9.17, 15) is 18.9 Å². The van der Waals surface area contributed by atoms with E-state index in [1.165, 1.54) is 18.2 Å². The Kier molecular flexibility index (Phi) is 4.60. The average Bonchev–Trinajstić information content (AvgIpc) is 2.47. The molecule has 21 heavy (non-hydrogen) atoms. The van der Waals surface area contributed by atoms with Crippen LogP contribution in [0.3, 0.4) is 0 Å². The molecule has 1 aromatic heterocycles. The van der Waals surface area contributed by atoms with E-state index in [-0.39, 0.29) is 18.0 Å². The van der Waals surface area contributed by atoms with E-state index in [2.05, 4.69) is 10.3 Å². The molecule has 0 atom stereocenters. The lowest BCUT2D eigenvalue weighted by Crippen LogP contribution is -2.12. The second-order valence-corrected chi connectivity index (χ2v) is 4.01. The number of aromatic nitrogens is 1. The molecule has 8 heteroatoms. The van der Waals surface area contributed by atoms with Gasteiger partial charge >= 0.3 is 0 Å². The van der Waals surface area contributed by atoms with Gasteiger partial charge in [0, 0.05) is 12.1 Å². The molecular formula is C13H11F2N3O3. The van der Waals surface area contributed by atoms with Crippen LogP contribution in [0, 0.1) is 21.7 Å². The van der Waals surface area contributed by atoms with Crippen molar-refractivity contribution in [3.8, 4) is 5.75 Å². The molecule has 0 saturated heterocycles. The van der Waals surface area contributed by atoms with Crippen LogP contribution in [0.4, 0.5) is 20.3 Å². The van der Waals surface area contributed by atoms with Gasteiger partial charge in [0.25, 0.3) is 5.69 Å². The summed E-state index contributed by atoms with van der Waals surface area (Å²) in [5, 5.41) is 13.3. The molecule has 6 nitrogen and oxygen atoms in total. The Bertz CT molecular complexity index is 635. The molecule has 1 heterocycles. The Balaban J connectivity index is 1.79. The molecule has 2 rings (SSSR count). The average molecular weight is 295 g/mol. The van der Waals surface area contributed by atoms with Gasteiger partial charge in [-0.1, -0.05) is 0 Å². The summed E-state index contributed by atoms with van der Waals surface area (Å²) in [7, 11) is 0. The monoisotopic (exact) mass is 295 g/mol. The van der Waals surface area contributed by atoms with Gasteiger partial charge in [0.1, 0.15) is 24.4 Å². The highest BCUT2D eigenvalue weighted by Gasteiger charge is 2.05. The van der Waals surface area contributed by atoms with Gasteiger partial charge in [-0.3, -0.25) is 10.1 Å². The number of rotatable bonds is 6. The molecule has 0 saturated carbocycles. The molecule has 0 aliphatic heterocycles. The van der Waals surface area contributed by atoms with Crippen molar-refractivity contribution < 1.29 is 18.4 Å². The summed E-state index contributed by atoms with van der Waals surface area (Å²) < 4.78 is 30.8. The number of hydrogen-bond acceptors (Lipinski definition) is 5. The van der Waals surface area contributed by atoms with Gasteiger partial charge in [-0.15, -0.1) is 0 Å². The zero-order chi connectivity index (χ0) is 15.2. The Morgan fingerprint density at radius 1 is 1.24 bits per heavy atom. The lowest BCUT2D eigenvalue weighted by atomic mass is 10.3. The molecule has 0 unspecified atom stereocenters. The highest BCUT2D eigenvalue weighted by molar-refractivity contribution is 5.40. The molecule has 1 N–H and O–H groups in total. The van der Waals surface area contributed by atoms with E-state index >= 15 is 0 Å². The maximum atomic E-state index is 12.9. The SMILES string of the molecule is O=[N+]([O-])c1ccc(NCCOc2ccc(F)c(F)c2)nc1. The summed E-state index contributed by atoms with van der Waals surface area (Å²) in [6.07, 6.45) is 1.14. The number of halogens is 2. The van der Waals surface area contributed by atoms with Crippen molar-refractivity contribution >= 4 is 11.5 Å². The van der Waals surface area contributed by atoms with Crippen LogP contribution in [0.1, 0.15) is 0 Å². The van der Waals surface area contributed by atoms with Gasteiger partial charge in [0.15, 0.2) is 11.6 Å². The van der Waals surface area contributed by atoms with Gasteiger partial charge in [0.05, 0.1) is 11.5 Å². The molecule has 0 radical (unpaired) electrons. The quantitative estimate of drug-likeness (QED) is 0.503. The third-order valence-electron chi connectivity index (χ3n) is 2.53. The zero-order valence-electron chi connectivity index (χ0n) is 10.8. The second kappa shape index (κ2) is 6.60. The minimum atomic E-state index is -0.975. The van der Waals surface area contributed by atoms with Gasteiger partial charge < -0.3 is 10.1 Å². The highest BCUT2D eigenvalue weighted by Crippen LogP contribution is 2.15. The van der Waals surface area contributed by atoms with E-state index in [1.54, 1.807) is 0 Å². The first-order chi connectivity index (χ1) is 10.1. The smallest absolute Gasteiger partial charge is 0.287 e. The molecule has 0 aliphatic rings. The van der Waals surface area contributed by atoms with Crippen molar-refractivity contribution in [2.45, 2.75) is 0 Å². The number of benzene rings is 1. The Morgan fingerprint density at radius 3 is 2.67 bits per heavy atom. The van der Waals surface area contributed by atoms with E-state index in [4.69, 9.17) is 4.74 Å². The molecule has 110 valence electrons. The van der Waals surface area contributed by atoms with E-state index in [0.29, 0.717) is 12.4 Å². The van der Waals surface area contributed by atoms with Gasteiger partial charge in [-0.25, -0.2) is 13.8 Å². The normalized spacial score (nSPS) is 10.2. The first-order valence-electron chi connectivity index (χ1n) is 5.98. The van der Waals surface area contributed by atoms with Crippen LogP contribution in [0.2, 0.25) is 0 Å². The van der Waals surface area contributed by atoms with Crippen molar-refractivity contribution in [2.24, 2.45) is 0 Å². The standard InChI is InChI=1S/C13H11F2N3O3/c14-11-3-2-10(7-12(11)15)21-6-5-16-13-4-1-9(8-17-13)18(19)20/h1-4,7-8H,5-6H2,(H,16,17). The number of hydrogen-bond donors (Lipinski definition) is 1. The number of ether oxygens (including phenoxy) is 1. The topological polar surface area (TPSA) is 77.3 Å². The number of nitrogens with one attached hydrogen (secondary N) is 1. The van der Waals surface area contributed by atoms with E-state index in [0.717, 1.165) is 18.3 Å². The summed E-state index contributed by atoms with van der Waals surface area (Å²) in [6, 6.07) is 6.05. The van der Waals surface area contributed by atoms with Crippen LogP contribution in [0.5, 0.6) is 5.75 Å². The van der Waals surface area contributed by atoms with Crippen molar-refractivity contribution in [3.63, 3.8) is 0 Å². The third kappa shape index (κ3) is 4.10. The Labute approximate surface area is 118 Å². The second-order valence-electron chi connectivity index (χ2n) is 4.01. The summed E-state index contributed by atoms with van der Waals surface area (Å²) in [5.74, 6) is -1.24. The number of pyridine rings is 1. The van der Waals surface area contributed by atoms with E-state index in [1.807, 2.05) is 0 Å². The molecule has 0 spiro atoms. The van der Waals surface area contributed by atoms with Gasteiger partial charge in [-0.2, -0.15) is 0 Å². The Hall–Kier alpha value is -2.77. The fourth-order valence-corrected chi connectivity index (χ4v) is 1.51. The maximum Gasteiger partial charge on any atom is 0.287 e. The third-order valence-corrected chi connectivity index (χ3v) is 2.53. The summed E-state index contributed by atoms with van der Waals surface area (Å²) in [5.41, 5.74) is -0.0985. The fourth-order valence-electron chi connectivity index (χ4n) is 1.51. The first-order valence-corrected chi connectivity index (χ1v) is 5.98. The largest absolute Gasteiger partial charge is 0.492 e. The van der Waals surface area contributed by atoms with Gasteiger partial charge in [0.2, 0.25) is 0 Å². The molecule has 0 aliphatic carbocycles. The lowest BCUT2D eigenvalue weighted by Gasteiger charge is -2.08. The summed E-state index contributed by atoms with van der Waals surface area (Å²) in [4.78, 5) is 13.8.